The zero-order valence-corrected chi connectivity index (χ0v) is 13.0. The summed E-state index contributed by atoms with van der Waals surface area (Å²) in [6.07, 6.45) is 1.32. The molecule has 0 radical (unpaired) electrons. The van der Waals surface area contributed by atoms with E-state index in [2.05, 4.69) is 0 Å². The van der Waals surface area contributed by atoms with Crippen LogP contribution in [-0.2, 0) is 9.53 Å². The van der Waals surface area contributed by atoms with E-state index < -0.39 is 11.9 Å². The molecule has 1 heterocycles. The summed E-state index contributed by atoms with van der Waals surface area (Å²) < 4.78 is 10.4. The normalized spacial score (nSPS) is 12.1. The first-order chi connectivity index (χ1) is 11.1. The lowest BCUT2D eigenvalue weighted by atomic mass is 9.92. The Morgan fingerprint density at radius 1 is 1.13 bits per heavy atom. The van der Waals surface area contributed by atoms with Crippen LogP contribution in [0.4, 0.5) is 0 Å². The van der Waals surface area contributed by atoms with E-state index in [1.165, 1.54) is 13.4 Å². The molecule has 0 aliphatic carbocycles. The molecule has 0 saturated heterocycles. The number of ether oxygens (including phenoxy) is 1. The predicted molar refractivity (Wildman–Crippen MR) is 87.8 cm³/mol. The van der Waals surface area contributed by atoms with Gasteiger partial charge in [0.05, 0.1) is 24.3 Å². The molecule has 0 amide bonds. The van der Waals surface area contributed by atoms with Crippen molar-refractivity contribution in [3.8, 4) is 0 Å². The van der Waals surface area contributed by atoms with Crippen molar-refractivity contribution in [1.29, 1.82) is 0 Å². The molecule has 116 valence electrons. The SMILES string of the molecule is COC(=O)C(c1ccc(Cl)cc1)c1coc2ccccc2c1=O. The maximum atomic E-state index is 12.7. The van der Waals surface area contributed by atoms with E-state index in [1.54, 1.807) is 48.5 Å². The Kier molecular flexibility index (Phi) is 4.17. The van der Waals surface area contributed by atoms with Gasteiger partial charge in [-0.3, -0.25) is 9.59 Å². The number of fused-ring (bicyclic) bond motifs is 1. The molecule has 0 fully saturated rings. The molecule has 5 heteroatoms. The lowest BCUT2D eigenvalue weighted by Gasteiger charge is -2.15. The summed E-state index contributed by atoms with van der Waals surface area (Å²) in [6, 6.07) is 13.6. The Balaban J connectivity index is 2.21. The molecule has 0 spiro atoms. The standard InChI is InChI=1S/C18H13ClO4/c1-22-18(21)16(11-6-8-12(19)9-7-11)14-10-23-15-5-3-2-4-13(15)17(14)20/h2-10,16H,1H3. The monoisotopic (exact) mass is 328 g/mol. The lowest BCUT2D eigenvalue weighted by Crippen LogP contribution is -2.22. The number of para-hydroxylation sites is 1. The highest BCUT2D eigenvalue weighted by molar-refractivity contribution is 6.30. The molecule has 0 saturated carbocycles. The molecule has 1 unspecified atom stereocenters. The van der Waals surface area contributed by atoms with Crippen LogP contribution in [0, 0.1) is 0 Å². The van der Waals surface area contributed by atoms with Crippen molar-refractivity contribution in [2.75, 3.05) is 7.11 Å². The van der Waals surface area contributed by atoms with Gasteiger partial charge in [0.15, 0.2) is 5.43 Å². The molecule has 4 nitrogen and oxygen atoms in total. The second-order valence-electron chi connectivity index (χ2n) is 5.02. The van der Waals surface area contributed by atoms with Crippen molar-refractivity contribution in [3.63, 3.8) is 0 Å². The van der Waals surface area contributed by atoms with Gasteiger partial charge in [-0.2, -0.15) is 0 Å². The molecule has 0 bridgehead atoms. The number of methoxy groups -OCH3 is 1. The molecular weight excluding hydrogens is 316 g/mol. The van der Waals surface area contributed by atoms with Crippen LogP contribution in [0.1, 0.15) is 17.0 Å². The highest BCUT2D eigenvalue weighted by atomic mass is 35.5. The number of carbonyl (C=O) groups excluding carboxylic acids is 1. The van der Waals surface area contributed by atoms with E-state index in [0.29, 0.717) is 21.6 Å². The maximum absolute atomic E-state index is 12.7. The maximum Gasteiger partial charge on any atom is 0.317 e. The van der Waals surface area contributed by atoms with Crippen LogP contribution in [0.25, 0.3) is 11.0 Å². The van der Waals surface area contributed by atoms with Crippen molar-refractivity contribution in [3.05, 3.63) is 81.2 Å². The Bertz CT molecular complexity index is 912. The van der Waals surface area contributed by atoms with E-state index in [9.17, 15) is 9.59 Å². The molecule has 1 aromatic heterocycles. The molecule has 1 atom stereocenters. The molecule has 2 aromatic carbocycles. The smallest absolute Gasteiger partial charge is 0.317 e. The Morgan fingerprint density at radius 3 is 2.52 bits per heavy atom. The van der Waals surface area contributed by atoms with E-state index in [0.717, 1.165) is 0 Å². The van der Waals surface area contributed by atoms with Gasteiger partial charge in [0, 0.05) is 5.02 Å². The molecular formula is C18H13ClO4. The summed E-state index contributed by atoms with van der Waals surface area (Å²) in [7, 11) is 1.29. The second kappa shape index (κ2) is 6.26. The van der Waals surface area contributed by atoms with Crippen molar-refractivity contribution in [2.45, 2.75) is 5.92 Å². The first-order valence-electron chi connectivity index (χ1n) is 6.95. The highest BCUT2D eigenvalue weighted by Gasteiger charge is 2.27. The minimum atomic E-state index is -0.863. The second-order valence-corrected chi connectivity index (χ2v) is 5.46. The summed E-state index contributed by atoms with van der Waals surface area (Å²) >= 11 is 5.89. The third-order valence-corrected chi connectivity index (χ3v) is 3.91. The number of carbonyl (C=O) groups is 1. The van der Waals surface area contributed by atoms with Gasteiger partial charge in [-0.05, 0) is 29.8 Å². The van der Waals surface area contributed by atoms with E-state index in [1.807, 2.05) is 0 Å². The topological polar surface area (TPSA) is 56.5 Å². The quantitative estimate of drug-likeness (QED) is 0.687. The van der Waals surface area contributed by atoms with Crippen molar-refractivity contribution >= 4 is 28.5 Å². The predicted octanol–water partition coefficient (Wildman–Crippen LogP) is 3.75. The van der Waals surface area contributed by atoms with E-state index >= 15 is 0 Å². The number of halogens is 1. The summed E-state index contributed by atoms with van der Waals surface area (Å²) in [6.45, 7) is 0. The zero-order valence-electron chi connectivity index (χ0n) is 12.3. The lowest BCUT2D eigenvalue weighted by molar-refractivity contribution is -0.141. The summed E-state index contributed by atoms with van der Waals surface area (Å²) in [5, 5.41) is 0.968. The van der Waals surface area contributed by atoms with Crippen LogP contribution >= 0.6 is 11.6 Å². The van der Waals surface area contributed by atoms with E-state index in [-0.39, 0.29) is 11.0 Å². The highest BCUT2D eigenvalue weighted by Crippen LogP contribution is 2.26. The van der Waals surface area contributed by atoms with Crippen LogP contribution in [0.3, 0.4) is 0 Å². The zero-order chi connectivity index (χ0) is 16.4. The van der Waals surface area contributed by atoms with Crippen molar-refractivity contribution < 1.29 is 13.9 Å². The Hall–Kier alpha value is -2.59. The molecule has 3 aromatic rings. The average Bonchev–Trinajstić information content (AvgIpc) is 2.58. The fourth-order valence-electron chi connectivity index (χ4n) is 2.51. The van der Waals surface area contributed by atoms with Crippen LogP contribution in [0.2, 0.25) is 5.02 Å². The first-order valence-corrected chi connectivity index (χ1v) is 7.33. The van der Waals surface area contributed by atoms with Crippen LogP contribution in [-0.4, -0.2) is 13.1 Å². The van der Waals surface area contributed by atoms with Gasteiger partial charge in [0.1, 0.15) is 11.5 Å². The fraction of sp³-hybridized carbons (Fsp3) is 0.111. The third kappa shape index (κ3) is 2.85. The Labute approximate surface area is 137 Å². The van der Waals surface area contributed by atoms with Crippen molar-refractivity contribution in [2.24, 2.45) is 0 Å². The minimum absolute atomic E-state index is 0.234. The number of esters is 1. The van der Waals surface area contributed by atoms with Gasteiger partial charge in [0.2, 0.25) is 0 Å². The van der Waals surface area contributed by atoms with Gasteiger partial charge >= 0.3 is 5.97 Å². The number of hydrogen-bond acceptors (Lipinski definition) is 4. The Morgan fingerprint density at radius 2 is 1.83 bits per heavy atom. The van der Waals surface area contributed by atoms with Gasteiger partial charge in [-0.1, -0.05) is 35.9 Å². The van der Waals surface area contributed by atoms with Gasteiger partial charge in [-0.15, -0.1) is 0 Å². The number of hydrogen-bond donors (Lipinski definition) is 0. The summed E-state index contributed by atoms with van der Waals surface area (Å²) in [5.74, 6) is -1.40. The van der Waals surface area contributed by atoms with Crippen LogP contribution < -0.4 is 5.43 Å². The molecule has 0 aliphatic rings. The van der Waals surface area contributed by atoms with Gasteiger partial charge in [-0.25, -0.2) is 0 Å². The number of benzene rings is 2. The van der Waals surface area contributed by atoms with Crippen molar-refractivity contribution in [1.82, 2.24) is 0 Å². The third-order valence-electron chi connectivity index (χ3n) is 3.66. The summed E-state index contributed by atoms with van der Waals surface area (Å²) in [4.78, 5) is 25.0. The molecule has 3 rings (SSSR count). The number of rotatable bonds is 3. The van der Waals surface area contributed by atoms with Gasteiger partial charge in [0.25, 0.3) is 0 Å². The molecule has 0 aliphatic heterocycles. The van der Waals surface area contributed by atoms with Crippen LogP contribution in [0.5, 0.6) is 0 Å². The average molecular weight is 329 g/mol. The largest absolute Gasteiger partial charge is 0.468 e. The first kappa shape index (κ1) is 15.3. The summed E-state index contributed by atoms with van der Waals surface area (Å²) in [5.41, 5.74) is 1.07. The molecule has 23 heavy (non-hydrogen) atoms. The van der Waals surface area contributed by atoms with Gasteiger partial charge < -0.3 is 9.15 Å². The minimum Gasteiger partial charge on any atom is -0.468 e. The van der Waals surface area contributed by atoms with Crippen LogP contribution in [0.15, 0.2) is 64.0 Å². The molecule has 0 N–H and O–H groups in total. The van der Waals surface area contributed by atoms with E-state index in [4.69, 9.17) is 20.8 Å². The fourth-order valence-corrected chi connectivity index (χ4v) is 2.63.